The molecule has 0 saturated carbocycles. The van der Waals surface area contributed by atoms with Crippen molar-refractivity contribution in [3.8, 4) is 11.5 Å². The number of hydrogen-bond donors (Lipinski definition) is 1. The Labute approximate surface area is 134 Å². The monoisotopic (exact) mass is 312 g/mol. The van der Waals surface area contributed by atoms with Crippen LogP contribution >= 0.6 is 0 Å². The Bertz CT molecular complexity index is 815. The predicted molar refractivity (Wildman–Crippen MR) is 88.5 cm³/mol. The molecule has 1 N–H and O–H groups in total. The topological polar surface area (TPSA) is 72.0 Å². The number of aromatic nitrogens is 4. The first kappa shape index (κ1) is 14.2. The van der Waals surface area contributed by atoms with Gasteiger partial charge in [0.25, 0.3) is 11.8 Å². The molecule has 2 aromatic heterocycles. The Hall–Kier alpha value is -2.41. The summed E-state index contributed by atoms with van der Waals surface area (Å²) in [5.41, 5.74) is 2.01. The largest absolute Gasteiger partial charge is 0.336 e. The number of fused-ring (bicyclic) bond motifs is 1. The van der Waals surface area contributed by atoms with E-state index in [1.807, 2.05) is 23.0 Å². The molecular formula is C16H20N6O. The summed E-state index contributed by atoms with van der Waals surface area (Å²) in [6.07, 6.45) is 1.89. The highest BCUT2D eigenvalue weighted by atomic mass is 16.5. The maximum atomic E-state index is 5.48. The minimum atomic E-state index is 0.307. The van der Waals surface area contributed by atoms with E-state index in [-0.39, 0.29) is 0 Å². The molecule has 0 spiro atoms. The minimum absolute atomic E-state index is 0.307. The normalized spacial score (nSPS) is 15.7. The quantitative estimate of drug-likeness (QED) is 0.798. The van der Waals surface area contributed by atoms with Gasteiger partial charge in [-0.2, -0.15) is 10.1 Å². The number of benzene rings is 1. The molecule has 3 aromatic rings. The van der Waals surface area contributed by atoms with Crippen molar-refractivity contribution in [3.63, 3.8) is 0 Å². The number of nitrogens with one attached hydrogen (secondary N) is 1. The first-order valence-electron chi connectivity index (χ1n) is 7.99. The summed E-state index contributed by atoms with van der Waals surface area (Å²) in [5, 5.41) is 13.0. The fraction of sp³-hybridized carbons (Fsp3) is 0.438. The van der Waals surface area contributed by atoms with Gasteiger partial charge in [0.05, 0.1) is 11.7 Å². The van der Waals surface area contributed by atoms with Crippen molar-refractivity contribution in [1.82, 2.24) is 25.2 Å². The van der Waals surface area contributed by atoms with Crippen molar-refractivity contribution >= 4 is 16.9 Å². The second-order valence-corrected chi connectivity index (χ2v) is 6.09. The Morgan fingerprint density at radius 3 is 2.83 bits per heavy atom. The third kappa shape index (κ3) is 2.57. The van der Waals surface area contributed by atoms with E-state index in [1.54, 1.807) is 0 Å². The van der Waals surface area contributed by atoms with Crippen LogP contribution in [0.4, 0.5) is 5.95 Å². The third-order valence-corrected chi connectivity index (χ3v) is 4.15. The molecule has 23 heavy (non-hydrogen) atoms. The molecule has 1 fully saturated rings. The van der Waals surface area contributed by atoms with Crippen molar-refractivity contribution < 1.29 is 4.52 Å². The van der Waals surface area contributed by atoms with Gasteiger partial charge >= 0.3 is 0 Å². The van der Waals surface area contributed by atoms with Crippen LogP contribution in [0.5, 0.6) is 0 Å². The summed E-state index contributed by atoms with van der Waals surface area (Å²) in [5.74, 6) is 1.22. The van der Waals surface area contributed by atoms with Crippen molar-refractivity contribution in [2.45, 2.75) is 19.9 Å². The lowest BCUT2D eigenvalue weighted by molar-refractivity contribution is 0.427. The van der Waals surface area contributed by atoms with Gasteiger partial charge in [-0.3, -0.25) is 4.68 Å². The van der Waals surface area contributed by atoms with Crippen molar-refractivity contribution in [2.24, 2.45) is 0 Å². The molecule has 1 aliphatic heterocycles. The highest BCUT2D eigenvalue weighted by Crippen LogP contribution is 2.26. The van der Waals surface area contributed by atoms with Crippen LogP contribution in [0.3, 0.4) is 0 Å². The van der Waals surface area contributed by atoms with Crippen LogP contribution in [-0.4, -0.2) is 46.1 Å². The van der Waals surface area contributed by atoms with E-state index in [0.29, 0.717) is 17.9 Å². The average Bonchev–Trinajstić information content (AvgIpc) is 3.22. The highest BCUT2D eigenvalue weighted by Gasteiger charge is 2.18. The molecule has 0 radical (unpaired) electrons. The number of nitrogens with zero attached hydrogens (tertiary/aromatic N) is 5. The van der Waals surface area contributed by atoms with Crippen LogP contribution in [0.2, 0.25) is 0 Å². The van der Waals surface area contributed by atoms with Gasteiger partial charge in [0, 0.05) is 43.2 Å². The van der Waals surface area contributed by atoms with Crippen LogP contribution in [0.25, 0.3) is 22.4 Å². The summed E-state index contributed by atoms with van der Waals surface area (Å²) >= 11 is 0. The molecule has 120 valence electrons. The van der Waals surface area contributed by atoms with Gasteiger partial charge in [0.15, 0.2) is 0 Å². The van der Waals surface area contributed by atoms with E-state index in [0.717, 1.165) is 42.6 Å². The standard InChI is InChI=1S/C16H20N6O/c1-11(2)22-14-9-12(3-4-13(14)10-18-22)15-19-16(20-23-15)21-7-5-17-6-8-21/h3-4,9-11,17H,5-8H2,1-2H3. The van der Waals surface area contributed by atoms with Crippen LogP contribution in [0.1, 0.15) is 19.9 Å². The molecule has 1 aliphatic rings. The van der Waals surface area contributed by atoms with Crippen LogP contribution < -0.4 is 10.2 Å². The van der Waals surface area contributed by atoms with Gasteiger partial charge in [-0.25, -0.2) is 0 Å². The third-order valence-electron chi connectivity index (χ3n) is 4.15. The molecule has 0 aliphatic carbocycles. The van der Waals surface area contributed by atoms with Crippen molar-refractivity contribution in [1.29, 1.82) is 0 Å². The fourth-order valence-electron chi connectivity index (χ4n) is 2.91. The van der Waals surface area contributed by atoms with Crippen LogP contribution in [0.15, 0.2) is 28.9 Å². The molecule has 0 bridgehead atoms. The van der Waals surface area contributed by atoms with Gasteiger partial charge in [-0.15, -0.1) is 0 Å². The fourth-order valence-corrected chi connectivity index (χ4v) is 2.91. The van der Waals surface area contributed by atoms with E-state index in [4.69, 9.17) is 4.52 Å². The van der Waals surface area contributed by atoms with Crippen LogP contribution in [-0.2, 0) is 0 Å². The van der Waals surface area contributed by atoms with Crippen molar-refractivity contribution in [3.05, 3.63) is 24.4 Å². The van der Waals surface area contributed by atoms with Crippen LogP contribution in [0, 0.1) is 0 Å². The smallest absolute Gasteiger partial charge is 0.266 e. The zero-order valence-corrected chi connectivity index (χ0v) is 13.4. The number of hydrogen-bond acceptors (Lipinski definition) is 6. The molecule has 1 saturated heterocycles. The summed E-state index contributed by atoms with van der Waals surface area (Å²) < 4.78 is 7.48. The minimum Gasteiger partial charge on any atom is -0.336 e. The Morgan fingerprint density at radius 2 is 2.04 bits per heavy atom. The second-order valence-electron chi connectivity index (χ2n) is 6.09. The average molecular weight is 312 g/mol. The molecule has 7 heteroatoms. The molecule has 7 nitrogen and oxygen atoms in total. The summed E-state index contributed by atoms with van der Waals surface area (Å²) in [4.78, 5) is 6.70. The van der Waals surface area contributed by atoms with E-state index in [9.17, 15) is 0 Å². The molecular weight excluding hydrogens is 292 g/mol. The number of rotatable bonds is 3. The summed E-state index contributed by atoms with van der Waals surface area (Å²) in [6, 6.07) is 6.42. The van der Waals surface area contributed by atoms with Gasteiger partial charge in [0.1, 0.15) is 0 Å². The lowest BCUT2D eigenvalue weighted by Gasteiger charge is -2.25. The molecule has 0 unspecified atom stereocenters. The molecule has 0 amide bonds. The Balaban J connectivity index is 1.68. The molecule has 3 heterocycles. The van der Waals surface area contributed by atoms with Gasteiger partial charge in [-0.05, 0) is 31.1 Å². The van der Waals surface area contributed by atoms with E-state index in [2.05, 4.69) is 45.4 Å². The van der Waals surface area contributed by atoms with Gasteiger partial charge < -0.3 is 14.7 Å². The lowest BCUT2D eigenvalue weighted by Crippen LogP contribution is -2.44. The summed E-state index contributed by atoms with van der Waals surface area (Å²) in [6.45, 7) is 7.94. The molecule has 0 atom stereocenters. The first-order valence-corrected chi connectivity index (χ1v) is 7.99. The molecule has 1 aromatic carbocycles. The zero-order chi connectivity index (χ0) is 15.8. The highest BCUT2D eigenvalue weighted by molar-refractivity contribution is 5.83. The summed E-state index contributed by atoms with van der Waals surface area (Å²) in [7, 11) is 0. The SMILES string of the molecule is CC(C)n1ncc2ccc(-c3nc(N4CCNCC4)no3)cc21. The maximum absolute atomic E-state index is 5.48. The predicted octanol–water partition coefficient (Wildman–Crippen LogP) is 2.08. The lowest BCUT2D eigenvalue weighted by atomic mass is 10.1. The van der Waals surface area contributed by atoms with Gasteiger partial charge in [0.2, 0.25) is 0 Å². The van der Waals surface area contributed by atoms with Gasteiger partial charge in [-0.1, -0.05) is 6.07 Å². The first-order chi connectivity index (χ1) is 11.2. The number of anilines is 1. The zero-order valence-electron chi connectivity index (χ0n) is 13.4. The van der Waals surface area contributed by atoms with Crippen molar-refractivity contribution in [2.75, 3.05) is 31.1 Å². The second kappa shape index (κ2) is 5.66. The van der Waals surface area contributed by atoms with E-state index < -0.39 is 0 Å². The Morgan fingerprint density at radius 1 is 1.22 bits per heavy atom. The Kier molecular flexibility index (Phi) is 3.49. The molecule has 4 rings (SSSR count). The number of piperazine rings is 1. The maximum Gasteiger partial charge on any atom is 0.266 e. The van der Waals surface area contributed by atoms with E-state index >= 15 is 0 Å². The van der Waals surface area contributed by atoms with E-state index in [1.165, 1.54) is 0 Å².